The molecule has 1 atom stereocenters. The van der Waals surface area contributed by atoms with E-state index < -0.39 is 0 Å². The zero-order valence-electron chi connectivity index (χ0n) is 15.9. The molecule has 3 rings (SSSR count). The summed E-state index contributed by atoms with van der Waals surface area (Å²) in [6, 6.07) is 10.1. The standard InChI is InChI=1S/C20H30N4O2/c1-3-24(18-7-5-4-6-8-18)19(25)15-22-11-13-23(14-12-22)16(2)20(26)21-17-9-10-17/h4-8,16-17H,3,9-15H2,1-2H3,(H,21,26)/t16-/m0/s1. The number of likely N-dealkylation sites (N-methyl/N-ethyl adjacent to an activating group) is 1. The lowest BCUT2D eigenvalue weighted by molar-refractivity contribution is -0.127. The molecule has 6 heteroatoms. The van der Waals surface area contributed by atoms with Crippen LogP contribution in [-0.4, -0.2) is 73.0 Å². The number of hydrogen-bond acceptors (Lipinski definition) is 4. The Bertz CT molecular complexity index is 609. The van der Waals surface area contributed by atoms with Crippen LogP contribution in [0.5, 0.6) is 0 Å². The van der Waals surface area contributed by atoms with Crippen molar-refractivity contribution in [1.29, 1.82) is 0 Å². The Morgan fingerprint density at radius 3 is 2.38 bits per heavy atom. The maximum Gasteiger partial charge on any atom is 0.241 e. The number of para-hydroxylation sites is 1. The monoisotopic (exact) mass is 358 g/mol. The van der Waals surface area contributed by atoms with Gasteiger partial charge in [0, 0.05) is 44.5 Å². The van der Waals surface area contributed by atoms with E-state index in [2.05, 4.69) is 15.1 Å². The fraction of sp³-hybridized carbons (Fsp3) is 0.600. The van der Waals surface area contributed by atoms with Crippen molar-refractivity contribution in [3.8, 4) is 0 Å². The van der Waals surface area contributed by atoms with Crippen LogP contribution < -0.4 is 10.2 Å². The minimum Gasteiger partial charge on any atom is -0.352 e. The zero-order valence-corrected chi connectivity index (χ0v) is 15.9. The molecule has 1 aromatic carbocycles. The Morgan fingerprint density at radius 2 is 1.81 bits per heavy atom. The third-order valence-corrected chi connectivity index (χ3v) is 5.30. The van der Waals surface area contributed by atoms with Crippen LogP contribution in [0.15, 0.2) is 30.3 Å². The zero-order chi connectivity index (χ0) is 18.5. The first kappa shape index (κ1) is 18.9. The number of rotatable bonds is 7. The predicted octanol–water partition coefficient (Wildman–Crippen LogP) is 1.32. The van der Waals surface area contributed by atoms with E-state index in [1.807, 2.05) is 49.1 Å². The molecule has 1 aromatic rings. The number of amides is 2. The van der Waals surface area contributed by atoms with Gasteiger partial charge in [0.15, 0.2) is 0 Å². The normalized spacial score (nSPS) is 19.8. The average molecular weight is 358 g/mol. The third kappa shape index (κ3) is 4.83. The molecule has 1 saturated heterocycles. The number of carbonyl (C=O) groups excluding carboxylic acids is 2. The van der Waals surface area contributed by atoms with Crippen LogP contribution in [0.2, 0.25) is 0 Å². The van der Waals surface area contributed by atoms with E-state index >= 15 is 0 Å². The third-order valence-electron chi connectivity index (χ3n) is 5.30. The molecule has 6 nitrogen and oxygen atoms in total. The molecule has 26 heavy (non-hydrogen) atoms. The summed E-state index contributed by atoms with van der Waals surface area (Å²) in [5, 5.41) is 3.08. The lowest BCUT2D eigenvalue weighted by Gasteiger charge is -2.37. The molecule has 142 valence electrons. The summed E-state index contributed by atoms with van der Waals surface area (Å²) >= 11 is 0. The van der Waals surface area contributed by atoms with E-state index in [0.717, 1.165) is 44.7 Å². The van der Waals surface area contributed by atoms with Crippen molar-refractivity contribution in [3.05, 3.63) is 30.3 Å². The average Bonchev–Trinajstić information content (AvgIpc) is 3.47. The van der Waals surface area contributed by atoms with Gasteiger partial charge in [-0.2, -0.15) is 0 Å². The second-order valence-electron chi connectivity index (χ2n) is 7.24. The highest BCUT2D eigenvalue weighted by Gasteiger charge is 2.30. The van der Waals surface area contributed by atoms with Crippen molar-refractivity contribution in [2.45, 2.75) is 38.8 Å². The van der Waals surface area contributed by atoms with Gasteiger partial charge in [-0.1, -0.05) is 18.2 Å². The van der Waals surface area contributed by atoms with Gasteiger partial charge < -0.3 is 10.2 Å². The number of carbonyl (C=O) groups is 2. The maximum atomic E-state index is 12.7. The van der Waals surface area contributed by atoms with Crippen molar-refractivity contribution < 1.29 is 9.59 Å². The number of anilines is 1. The maximum absolute atomic E-state index is 12.7. The highest BCUT2D eigenvalue weighted by molar-refractivity contribution is 5.94. The number of nitrogens with one attached hydrogen (secondary N) is 1. The Morgan fingerprint density at radius 1 is 1.15 bits per heavy atom. The van der Waals surface area contributed by atoms with E-state index in [0.29, 0.717) is 19.1 Å². The first-order valence-corrected chi connectivity index (χ1v) is 9.70. The largest absolute Gasteiger partial charge is 0.352 e. The number of benzene rings is 1. The first-order chi connectivity index (χ1) is 12.6. The SMILES string of the molecule is CCN(C(=O)CN1CCN([C@@H](C)C(=O)NC2CC2)CC1)c1ccccc1. The summed E-state index contributed by atoms with van der Waals surface area (Å²) in [6.45, 7) is 8.36. The van der Waals surface area contributed by atoms with Crippen LogP contribution in [-0.2, 0) is 9.59 Å². The second-order valence-corrected chi connectivity index (χ2v) is 7.24. The van der Waals surface area contributed by atoms with Crippen LogP contribution in [0.4, 0.5) is 5.69 Å². The van der Waals surface area contributed by atoms with E-state index in [1.54, 1.807) is 0 Å². The van der Waals surface area contributed by atoms with Crippen molar-refractivity contribution in [3.63, 3.8) is 0 Å². The van der Waals surface area contributed by atoms with E-state index in [1.165, 1.54) is 0 Å². The molecule has 0 unspecified atom stereocenters. The van der Waals surface area contributed by atoms with Crippen molar-refractivity contribution in [2.24, 2.45) is 0 Å². The van der Waals surface area contributed by atoms with Gasteiger partial charge in [0.05, 0.1) is 12.6 Å². The van der Waals surface area contributed by atoms with Gasteiger partial charge in [-0.25, -0.2) is 0 Å². The molecule has 0 radical (unpaired) electrons. The lowest BCUT2D eigenvalue weighted by atomic mass is 10.2. The number of piperazine rings is 1. The van der Waals surface area contributed by atoms with E-state index in [-0.39, 0.29) is 17.9 Å². The van der Waals surface area contributed by atoms with Crippen LogP contribution in [0.3, 0.4) is 0 Å². The first-order valence-electron chi connectivity index (χ1n) is 9.70. The molecular formula is C20H30N4O2. The minimum absolute atomic E-state index is 0.0927. The summed E-state index contributed by atoms with van der Waals surface area (Å²) in [5.41, 5.74) is 0.948. The van der Waals surface area contributed by atoms with Gasteiger partial charge in [-0.3, -0.25) is 19.4 Å². The van der Waals surface area contributed by atoms with Gasteiger partial charge in [-0.05, 0) is 38.8 Å². The van der Waals surface area contributed by atoms with Crippen molar-refractivity contribution in [1.82, 2.24) is 15.1 Å². The van der Waals surface area contributed by atoms with E-state index in [4.69, 9.17) is 0 Å². The smallest absolute Gasteiger partial charge is 0.241 e. The minimum atomic E-state index is -0.0927. The second kappa shape index (κ2) is 8.64. The van der Waals surface area contributed by atoms with Gasteiger partial charge in [-0.15, -0.1) is 0 Å². The van der Waals surface area contributed by atoms with Gasteiger partial charge in [0.1, 0.15) is 0 Å². The summed E-state index contributed by atoms with van der Waals surface area (Å²) in [7, 11) is 0. The Balaban J connectivity index is 1.47. The molecule has 0 spiro atoms. The Hall–Kier alpha value is -1.92. The van der Waals surface area contributed by atoms with Crippen LogP contribution in [0.1, 0.15) is 26.7 Å². The fourth-order valence-corrected chi connectivity index (χ4v) is 3.41. The molecule has 0 aromatic heterocycles. The molecular weight excluding hydrogens is 328 g/mol. The lowest BCUT2D eigenvalue weighted by Crippen LogP contribution is -2.55. The van der Waals surface area contributed by atoms with Crippen molar-refractivity contribution in [2.75, 3.05) is 44.2 Å². The molecule has 1 aliphatic carbocycles. The molecule has 2 fully saturated rings. The fourth-order valence-electron chi connectivity index (χ4n) is 3.41. The summed E-state index contributed by atoms with van der Waals surface area (Å²) in [5.74, 6) is 0.268. The highest BCUT2D eigenvalue weighted by atomic mass is 16.2. The topological polar surface area (TPSA) is 55.9 Å². The number of nitrogens with zero attached hydrogens (tertiary/aromatic N) is 3. The molecule has 1 saturated carbocycles. The molecule has 1 N–H and O–H groups in total. The van der Waals surface area contributed by atoms with Gasteiger partial charge in [0.2, 0.25) is 11.8 Å². The quantitative estimate of drug-likeness (QED) is 0.799. The van der Waals surface area contributed by atoms with Crippen LogP contribution in [0.25, 0.3) is 0 Å². The molecule has 1 aliphatic heterocycles. The van der Waals surface area contributed by atoms with Gasteiger partial charge >= 0.3 is 0 Å². The number of hydrogen-bond donors (Lipinski definition) is 1. The highest BCUT2D eigenvalue weighted by Crippen LogP contribution is 2.19. The van der Waals surface area contributed by atoms with Crippen molar-refractivity contribution >= 4 is 17.5 Å². The summed E-state index contributed by atoms with van der Waals surface area (Å²) in [4.78, 5) is 31.1. The molecule has 2 amide bonds. The Labute approximate surface area is 156 Å². The van der Waals surface area contributed by atoms with Gasteiger partial charge in [0.25, 0.3) is 0 Å². The summed E-state index contributed by atoms with van der Waals surface area (Å²) < 4.78 is 0. The van der Waals surface area contributed by atoms with E-state index in [9.17, 15) is 9.59 Å². The predicted molar refractivity (Wildman–Crippen MR) is 103 cm³/mol. The molecule has 2 aliphatic rings. The summed E-state index contributed by atoms with van der Waals surface area (Å²) in [6.07, 6.45) is 2.23. The van der Waals surface area contributed by atoms with Crippen LogP contribution in [0, 0.1) is 0 Å². The molecule has 1 heterocycles. The molecule has 0 bridgehead atoms. The Kier molecular flexibility index (Phi) is 6.27. The van der Waals surface area contributed by atoms with Crippen LogP contribution >= 0.6 is 0 Å².